The number of hydrogen-bond acceptors (Lipinski definition) is 7. The first-order valence-electron chi connectivity index (χ1n) is 5.09. The summed E-state index contributed by atoms with van der Waals surface area (Å²) >= 11 is 0. The van der Waals surface area contributed by atoms with Crippen LogP contribution in [-0.4, -0.2) is 79.8 Å². The molecule has 0 spiro atoms. The third-order valence-electron chi connectivity index (χ3n) is 2.73. The van der Waals surface area contributed by atoms with Gasteiger partial charge in [0.05, 0.1) is 12.7 Å². The molecule has 6 atom stereocenters. The van der Waals surface area contributed by atoms with E-state index in [1.54, 1.807) is 0 Å². The Morgan fingerprint density at radius 1 is 1.12 bits per heavy atom. The first kappa shape index (κ1) is 14.3. The largest absolute Gasteiger partial charge is 0.479 e. The highest BCUT2D eigenvalue weighted by atomic mass is 16.5. The van der Waals surface area contributed by atoms with Gasteiger partial charge in [0.25, 0.3) is 0 Å². The van der Waals surface area contributed by atoms with Crippen molar-refractivity contribution in [2.24, 2.45) is 0 Å². The fourth-order valence-electron chi connectivity index (χ4n) is 1.69. The van der Waals surface area contributed by atoms with Crippen LogP contribution in [0.2, 0.25) is 0 Å². The first-order valence-corrected chi connectivity index (χ1v) is 5.09. The van der Waals surface area contributed by atoms with Crippen molar-refractivity contribution < 1.29 is 40.2 Å². The second-order valence-corrected chi connectivity index (χ2v) is 3.96. The van der Waals surface area contributed by atoms with Crippen LogP contribution in [0.5, 0.6) is 0 Å². The summed E-state index contributed by atoms with van der Waals surface area (Å²) in [6.07, 6.45) is -9.05. The molecule has 1 fully saturated rings. The number of aliphatic hydroxyl groups is 5. The highest BCUT2D eigenvalue weighted by molar-refractivity contribution is 5.71. The molecule has 0 saturated carbocycles. The Morgan fingerprint density at radius 2 is 1.65 bits per heavy atom. The molecule has 0 bridgehead atoms. The first-order chi connectivity index (χ1) is 7.88. The summed E-state index contributed by atoms with van der Waals surface area (Å²) in [7, 11) is 0. The summed E-state index contributed by atoms with van der Waals surface area (Å²) in [5.74, 6) is -1.48. The number of carboxylic acids is 1. The van der Waals surface area contributed by atoms with Gasteiger partial charge < -0.3 is 35.4 Å². The maximum atomic E-state index is 10.4. The van der Waals surface area contributed by atoms with Crippen molar-refractivity contribution in [3.05, 3.63) is 0 Å². The lowest BCUT2D eigenvalue weighted by Gasteiger charge is -2.40. The zero-order valence-corrected chi connectivity index (χ0v) is 8.88. The van der Waals surface area contributed by atoms with Crippen molar-refractivity contribution >= 4 is 5.97 Å². The van der Waals surface area contributed by atoms with Crippen LogP contribution in [0.1, 0.15) is 6.42 Å². The maximum absolute atomic E-state index is 10.4. The molecular formula is C9H16O8. The fourth-order valence-corrected chi connectivity index (χ4v) is 1.69. The van der Waals surface area contributed by atoms with E-state index in [1.165, 1.54) is 0 Å². The topological polar surface area (TPSA) is 148 Å². The molecule has 8 nitrogen and oxygen atoms in total. The molecule has 8 heteroatoms. The Kier molecular flexibility index (Phi) is 4.80. The lowest BCUT2D eigenvalue weighted by molar-refractivity contribution is -0.234. The second-order valence-electron chi connectivity index (χ2n) is 3.96. The van der Waals surface area contributed by atoms with Gasteiger partial charge in [-0.25, -0.2) is 4.79 Å². The van der Waals surface area contributed by atoms with E-state index in [0.717, 1.165) is 0 Å². The number of aliphatic carboxylic acids is 1. The second kappa shape index (κ2) is 5.71. The molecule has 0 amide bonds. The molecule has 0 radical (unpaired) electrons. The zero-order valence-electron chi connectivity index (χ0n) is 8.88. The van der Waals surface area contributed by atoms with Crippen LogP contribution in [0.3, 0.4) is 0 Å². The van der Waals surface area contributed by atoms with Gasteiger partial charge in [-0.1, -0.05) is 0 Å². The average Bonchev–Trinajstić information content (AvgIpc) is 2.29. The summed E-state index contributed by atoms with van der Waals surface area (Å²) in [6.45, 7) is -0.593. The van der Waals surface area contributed by atoms with Gasteiger partial charge in [-0.3, -0.25) is 0 Å². The standard InChI is InChI=1S/C9H16O8/c10-2-5-7(13)8(14)6(12)4(17-5)1-3(11)9(15)16/h3-8,10-14H,1-2H2,(H,15,16)/t3?,4-,5+,6-,7+,8+/m0/s1. The minimum Gasteiger partial charge on any atom is -0.479 e. The van der Waals surface area contributed by atoms with Crippen LogP contribution in [-0.2, 0) is 9.53 Å². The molecule has 100 valence electrons. The molecule has 1 rings (SSSR count). The van der Waals surface area contributed by atoms with Gasteiger partial charge in [-0.2, -0.15) is 0 Å². The lowest BCUT2D eigenvalue weighted by Crippen LogP contribution is -2.59. The molecular weight excluding hydrogens is 236 g/mol. The number of aliphatic hydroxyl groups excluding tert-OH is 5. The van der Waals surface area contributed by atoms with Gasteiger partial charge in [0, 0.05) is 6.42 Å². The van der Waals surface area contributed by atoms with E-state index in [1.807, 2.05) is 0 Å². The van der Waals surface area contributed by atoms with Gasteiger partial charge in [-0.05, 0) is 0 Å². The smallest absolute Gasteiger partial charge is 0.332 e. The lowest BCUT2D eigenvalue weighted by atomic mass is 9.92. The van der Waals surface area contributed by atoms with Gasteiger partial charge in [-0.15, -0.1) is 0 Å². The van der Waals surface area contributed by atoms with Crippen LogP contribution < -0.4 is 0 Å². The number of carboxylic acid groups (broad SMARTS) is 1. The quantitative estimate of drug-likeness (QED) is 0.304. The Hall–Kier alpha value is -0.770. The van der Waals surface area contributed by atoms with E-state index in [-0.39, 0.29) is 0 Å². The van der Waals surface area contributed by atoms with Crippen LogP contribution >= 0.6 is 0 Å². The Balaban J connectivity index is 2.68. The maximum Gasteiger partial charge on any atom is 0.332 e. The van der Waals surface area contributed by atoms with Crippen LogP contribution in [0.15, 0.2) is 0 Å². The van der Waals surface area contributed by atoms with Crippen molar-refractivity contribution in [3.8, 4) is 0 Å². The normalized spacial score (nSPS) is 39.9. The van der Waals surface area contributed by atoms with E-state index >= 15 is 0 Å². The van der Waals surface area contributed by atoms with E-state index < -0.39 is 55.6 Å². The summed E-state index contributed by atoms with van der Waals surface area (Å²) in [5.41, 5.74) is 0. The molecule has 17 heavy (non-hydrogen) atoms. The number of hydrogen-bond donors (Lipinski definition) is 6. The molecule has 1 saturated heterocycles. The summed E-state index contributed by atoms with van der Waals surface area (Å²) in [4.78, 5) is 10.4. The monoisotopic (exact) mass is 252 g/mol. The van der Waals surface area contributed by atoms with Gasteiger partial charge in [0.1, 0.15) is 24.4 Å². The molecule has 1 unspecified atom stereocenters. The number of ether oxygens (including phenoxy) is 1. The van der Waals surface area contributed by atoms with Crippen LogP contribution in [0.4, 0.5) is 0 Å². The van der Waals surface area contributed by atoms with E-state index in [9.17, 15) is 20.1 Å². The van der Waals surface area contributed by atoms with Crippen molar-refractivity contribution in [1.29, 1.82) is 0 Å². The molecule has 0 aromatic rings. The SMILES string of the molecule is O=C(O)C(O)C[C@@H]1O[C@H](CO)[C@@H](O)[C@H](O)[C@H]1O. The Labute approximate surface area is 96.7 Å². The third-order valence-corrected chi connectivity index (χ3v) is 2.73. The molecule has 1 heterocycles. The minimum atomic E-state index is -1.75. The molecule has 6 N–H and O–H groups in total. The average molecular weight is 252 g/mol. The van der Waals surface area contributed by atoms with Crippen molar-refractivity contribution in [1.82, 2.24) is 0 Å². The Morgan fingerprint density at radius 3 is 2.12 bits per heavy atom. The van der Waals surface area contributed by atoms with E-state index in [2.05, 4.69) is 0 Å². The molecule has 0 aromatic carbocycles. The molecule has 0 aliphatic carbocycles. The van der Waals surface area contributed by atoms with E-state index in [4.69, 9.17) is 20.1 Å². The third kappa shape index (κ3) is 3.12. The summed E-state index contributed by atoms with van der Waals surface area (Å²) in [6, 6.07) is 0. The zero-order chi connectivity index (χ0) is 13.2. The fraction of sp³-hybridized carbons (Fsp3) is 0.889. The van der Waals surface area contributed by atoms with Crippen molar-refractivity contribution in [2.75, 3.05) is 6.61 Å². The van der Waals surface area contributed by atoms with Crippen LogP contribution in [0, 0.1) is 0 Å². The summed E-state index contributed by atoms with van der Waals surface area (Å²) < 4.78 is 5.02. The molecule has 0 aromatic heterocycles. The van der Waals surface area contributed by atoms with Gasteiger partial charge in [0.15, 0.2) is 6.10 Å². The van der Waals surface area contributed by atoms with Crippen LogP contribution in [0.25, 0.3) is 0 Å². The predicted octanol–water partition coefficient (Wildman–Crippen LogP) is -3.34. The van der Waals surface area contributed by atoms with Crippen molar-refractivity contribution in [2.45, 2.75) is 43.0 Å². The number of carbonyl (C=O) groups is 1. The minimum absolute atomic E-state index is 0.448. The summed E-state index contributed by atoms with van der Waals surface area (Å²) in [5, 5.41) is 54.8. The highest BCUT2D eigenvalue weighted by Gasteiger charge is 2.44. The van der Waals surface area contributed by atoms with Gasteiger partial charge in [0.2, 0.25) is 0 Å². The molecule has 1 aliphatic rings. The van der Waals surface area contributed by atoms with Crippen molar-refractivity contribution in [3.63, 3.8) is 0 Å². The van der Waals surface area contributed by atoms with E-state index in [0.29, 0.717) is 0 Å². The predicted molar refractivity (Wildman–Crippen MR) is 52.0 cm³/mol. The number of rotatable bonds is 4. The molecule has 1 aliphatic heterocycles. The Bertz CT molecular complexity index is 268. The highest BCUT2D eigenvalue weighted by Crippen LogP contribution is 2.24. The van der Waals surface area contributed by atoms with Gasteiger partial charge >= 0.3 is 5.97 Å².